The van der Waals surface area contributed by atoms with E-state index in [0.717, 1.165) is 22.5 Å². The zero-order chi connectivity index (χ0) is 21.3. The quantitative estimate of drug-likeness (QED) is 0.622. The lowest BCUT2D eigenvalue weighted by atomic mass is 10.1. The number of carbonyl (C=O) groups excluding carboxylic acids is 2. The average molecular weight is 402 g/mol. The van der Waals surface area contributed by atoms with Gasteiger partial charge in [0.25, 0.3) is 5.91 Å². The van der Waals surface area contributed by atoms with Gasteiger partial charge in [0.15, 0.2) is 0 Å². The zero-order valence-electron chi connectivity index (χ0n) is 17.3. The molecule has 0 spiro atoms. The molecule has 0 bridgehead atoms. The minimum atomic E-state index is -0.221. The Kier molecular flexibility index (Phi) is 7.27. The Balaban J connectivity index is 1.64. The van der Waals surface area contributed by atoms with E-state index in [1.54, 1.807) is 11.1 Å². The molecule has 6 nitrogen and oxygen atoms in total. The first-order valence-corrected chi connectivity index (χ1v) is 9.99. The van der Waals surface area contributed by atoms with E-state index in [2.05, 4.69) is 15.3 Å². The summed E-state index contributed by atoms with van der Waals surface area (Å²) in [5.41, 5.74) is 4.05. The highest BCUT2D eigenvalue weighted by Gasteiger charge is 2.18. The summed E-state index contributed by atoms with van der Waals surface area (Å²) in [4.78, 5) is 35.4. The topological polar surface area (TPSA) is 75.2 Å². The Bertz CT molecular complexity index is 970. The summed E-state index contributed by atoms with van der Waals surface area (Å²) >= 11 is 0. The second kappa shape index (κ2) is 10.3. The molecule has 3 aromatic rings. The lowest BCUT2D eigenvalue weighted by Crippen LogP contribution is -2.36. The van der Waals surface area contributed by atoms with Crippen LogP contribution < -0.4 is 5.32 Å². The van der Waals surface area contributed by atoms with Gasteiger partial charge in [0.05, 0.1) is 11.9 Å². The van der Waals surface area contributed by atoms with Crippen LogP contribution in [0.5, 0.6) is 0 Å². The van der Waals surface area contributed by atoms with Crippen LogP contribution in [-0.2, 0) is 11.2 Å². The summed E-state index contributed by atoms with van der Waals surface area (Å²) in [6.45, 7) is 4.62. The van der Waals surface area contributed by atoms with Crippen LogP contribution in [0.2, 0.25) is 0 Å². The first kappa shape index (κ1) is 21.2. The van der Waals surface area contributed by atoms with Gasteiger partial charge in [0, 0.05) is 31.4 Å². The molecule has 154 valence electrons. The smallest absolute Gasteiger partial charge is 0.274 e. The SMILES string of the molecule is Cc1ccc(NC(=O)CCN(CCc2ccccc2)C(=O)c2cnc(C)cn2)cc1. The van der Waals surface area contributed by atoms with E-state index >= 15 is 0 Å². The largest absolute Gasteiger partial charge is 0.336 e. The Morgan fingerprint density at radius 2 is 1.63 bits per heavy atom. The standard InChI is InChI=1S/C24H26N4O2/c1-18-8-10-21(11-9-18)27-23(29)13-15-28(14-12-20-6-4-3-5-7-20)24(30)22-17-25-19(2)16-26-22/h3-11,16-17H,12-15H2,1-2H3,(H,27,29). The van der Waals surface area contributed by atoms with Crippen molar-refractivity contribution < 1.29 is 9.59 Å². The molecule has 0 atom stereocenters. The minimum absolute atomic E-state index is 0.133. The number of benzene rings is 2. The second-order valence-corrected chi connectivity index (χ2v) is 7.24. The molecule has 2 aromatic carbocycles. The van der Waals surface area contributed by atoms with E-state index < -0.39 is 0 Å². The van der Waals surface area contributed by atoms with E-state index in [1.807, 2.05) is 68.4 Å². The summed E-state index contributed by atoms with van der Waals surface area (Å²) in [6.07, 6.45) is 3.96. The normalized spacial score (nSPS) is 10.5. The lowest BCUT2D eigenvalue weighted by Gasteiger charge is -2.22. The van der Waals surface area contributed by atoms with E-state index in [0.29, 0.717) is 19.5 Å². The molecule has 0 unspecified atom stereocenters. The van der Waals surface area contributed by atoms with Crippen LogP contribution in [0.1, 0.15) is 33.7 Å². The van der Waals surface area contributed by atoms with Crippen molar-refractivity contribution >= 4 is 17.5 Å². The number of nitrogens with zero attached hydrogens (tertiary/aromatic N) is 3. The molecular weight excluding hydrogens is 376 g/mol. The highest BCUT2D eigenvalue weighted by atomic mass is 16.2. The van der Waals surface area contributed by atoms with Gasteiger partial charge in [0.1, 0.15) is 5.69 Å². The van der Waals surface area contributed by atoms with Crippen LogP contribution in [0.3, 0.4) is 0 Å². The van der Waals surface area contributed by atoms with Gasteiger partial charge in [-0.1, -0.05) is 48.0 Å². The number of hydrogen-bond donors (Lipinski definition) is 1. The van der Waals surface area contributed by atoms with E-state index in [1.165, 1.54) is 6.20 Å². The summed E-state index contributed by atoms with van der Waals surface area (Å²) in [7, 11) is 0. The van der Waals surface area contributed by atoms with Crippen molar-refractivity contribution in [2.45, 2.75) is 26.7 Å². The van der Waals surface area contributed by atoms with Crippen LogP contribution in [-0.4, -0.2) is 39.8 Å². The maximum absolute atomic E-state index is 13.0. The van der Waals surface area contributed by atoms with Crippen LogP contribution in [0.25, 0.3) is 0 Å². The van der Waals surface area contributed by atoms with Gasteiger partial charge in [-0.2, -0.15) is 0 Å². The van der Waals surface area contributed by atoms with Crippen molar-refractivity contribution in [2.24, 2.45) is 0 Å². The van der Waals surface area contributed by atoms with Gasteiger partial charge in [0.2, 0.25) is 5.91 Å². The predicted molar refractivity (Wildman–Crippen MR) is 117 cm³/mol. The molecule has 3 rings (SSSR count). The second-order valence-electron chi connectivity index (χ2n) is 7.24. The number of aryl methyl sites for hydroxylation is 2. The lowest BCUT2D eigenvalue weighted by molar-refractivity contribution is -0.116. The molecule has 6 heteroatoms. The number of anilines is 1. The molecule has 0 saturated carbocycles. The van der Waals surface area contributed by atoms with Crippen molar-refractivity contribution in [3.63, 3.8) is 0 Å². The average Bonchev–Trinajstić information content (AvgIpc) is 2.76. The van der Waals surface area contributed by atoms with Gasteiger partial charge in [-0.3, -0.25) is 14.6 Å². The predicted octanol–water partition coefficient (Wildman–Crippen LogP) is 3.81. The first-order chi connectivity index (χ1) is 14.5. The van der Waals surface area contributed by atoms with Gasteiger partial charge in [-0.25, -0.2) is 4.98 Å². The van der Waals surface area contributed by atoms with Crippen molar-refractivity contribution in [3.8, 4) is 0 Å². The monoisotopic (exact) mass is 402 g/mol. The molecule has 1 N–H and O–H groups in total. The fourth-order valence-electron chi connectivity index (χ4n) is 2.99. The summed E-state index contributed by atoms with van der Waals surface area (Å²) in [5.74, 6) is -0.354. The number of amides is 2. The maximum Gasteiger partial charge on any atom is 0.274 e. The van der Waals surface area contributed by atoms with Crippen LogP contribution in [0, 0.1) is 13.8 Å². The Morgan fingerprint density at radius 1 is 0.900 bits per heavy atom. The molecule has 1 heterocycles. The van der Waals surface area contributed by atoms with E-state index in [-0.39, 0.29) is 23.9 Å². The first-order valence-electron chi connectivity index (χ1n) is 9.99. The maximum atomic E-state index is 13.0. The summed E-state index contributed by atoms with van der Waals surface area (Å²) in [6, 6.07) is 17.6. The molecule has 0 aliphatic rings. The third kappa shape index (κ3) is 6.24. The van der Waals surface area contributed by atoms with Crippen molar-refractivity contribution in [3.05, 3.63) is 89.5 Å². The highest BCUT2D eigenvalue weighted by Crippen LogP contribution is 2.10. The number of nitrogens with one attached hydrogen (secondary N) is 1. The molecule has 2 amide bonds. The summed E-state index contributed by atoms with van der Waals surface area (Å²) < 4.78 is 0. The molecule has 30 heavy (non-hydrogen) atoms. The van der Waals surface area contributed by atoms with Crippen molar-refractivity contribution in [1.82, 2.24) is 14.9 Å². The van der Waals surface area contributed by atoms with Crippen molar-refractivity contribution in [2.75, 3.05) is 18.4 Å². The molecule has 0 aliphatic heterocycles. The Morgan fingerprint density at radius 3 is 2.30 bits per heavy atom. The Labute approximate surface area is 177 Å². The number of carbonyl (C=O) groups is 2. The molecule has 0 saturated heterocycles. The van der Waals surface area contributed by atoms with Gasteiger partial charge in [-0.15, -0.1) is 0 Å². The fourth-order valence-corrected chi connectivity index (χ4v) is 2.99. The summed E-state index contributed by atoms with van der Waals surface area (Å²) in [5, 5.41) is 2.88. The molecule has 0 fully saturated rings. The van der Waals surface area contributed by atoms with Gasteiger partial charge in [-0.05, 0) is 38.0 Å². The van der Waals surface area contributed by atoms with Crippen LogP contribution in [0.15, 0.2) is 67.0 Å². The molecular formula is C24H26N4O2. The zero-order valence-corrected chi connectivity index (χ0v) is 17.3. The van der Waals surface area contributed by atoms with E-state index in [9.17, 15) is 9.59 Å². The number of hydrogen-bond acceptors (Lipinski definition) is 4. The number of rotatable bonds is 8. The van der Waals surface area contributed by atoms with Gasteiger partial charge >= 0.3 is 0 Å². The van der Waals surface area contributed by atoms with Crippen LogP contribution in [0.4, 0.5) is 5.69 Å². The Hall–Kier alpha value is -3.54. The van der Waals surface area contributed by atoms with E-state index in [4.69, 9.17) is 0 Å². The molecule has 1 aromatic heterocycles. The fraction of sp³-hybridized carbons (Fsp3) is 0.250. The van der Waals surface area contributed by atoms with Gasteiger partial charge < -0.3 is 10.2 Å². The molecule has 0 aliphatic carbocycles. The van der Waals surface area contributed by atoms with Crippen LogP contribution >= 0.6 is 0 Å². The highest BCUT2D eigenvalue weighted by molar-refractivity contribution is 5.93. The van der Waals surface area contributed by atoms with Crippen molar-refractivity contribution in [1.29, 1.82) is 0 Å². The molecule has 0 radical (unpaired) electrons. The third-order valence-electron chi connectivity index (χ3n) is 4.74. The minimum Gasteiger partial charge on any atom is -0.336 e. The number of aromatic nitrogens is 2. The third-order valence-corrected chi connectivity index (χ3v) is 4.74.